The summed E-state index contributed by atoms with van der Waals surface area (Å²) in [4.78, 5) is 0. The summed E-state index contributed by atoms with van der Waals surface area (Å²) in [7, 11) is 0. The minimum Gasteiger partial charge on any atom is -0.384 e. The average Bonchev–Trinajstić information content (AvgIpc) is 2.08. The van der Waals surface area contributed by atoms with Gasteiger partial charge in [-0.3, -0.25) is 5.41 Å². The average molecular weight is 166 g/mol. The molecule has 2 nitrogen and oxygen atoms in total. The molecule has 0 saturated heterocycles. The number of hydrogen-bond acceptors (Lipinski definition) is 1. The molecule has 68 valence electrons. The largest absolute Gasteiger partial charge is 0.384 e. The summed E-state index contributed by atoms with van der Waals surface area (Å²) in [5.41, 5.74) is 5.94. The molecule has 0 saturated carbocycles. The van der Waals surface area contributed by atoms with E-state index in [9.17, 15) is 0 Å². The first-order valence-corrected chi connectivity index (χ1v) is 3.99. The number of allylic oxidation sites excluding steroid dienone is 4. The Hall–Kier alpha value is -1.31. The molecule has 0 aromatic carbocycles. The van der Waals surface area contributed by atoms with Gasteiger partial charge in [-0.15, -0.1) is 0 Å². The van der Waals surface area contributed by atoms with E-state index in [-0.39, 0.29) is 5.84 Å². The minimum absolute atomic E-state index is 0.105. The molecule has 0 heterocycles. The smallest absolute Gasteiger partial charge is 0.118 e. The lowest BCUT2D eigenvalue weighted by molar-refractivity contribution is 1.39. The summed E-state index contributed by atoms with van der Waals surface area (Å²) >= 11 is 0. The van der Waals surface area contributed by atoms with Gasteiger partial charge in [0.15, 0.2) is 0 Å². The van der Waals surface area contributed by atoms with Gasteiger partial charge in [0.2, 0.25) is 0 Å². The number of amidine groups is 1. The molecular weight excluding hydrogens is 148 g/mol. The van der Waals surface area contributed by atoms with Crippen molar-refractivity contribution < 1.29 is 0 Å². The number of nitrogens with one attached hydrogen (secondary N) is 1. The molecule has 0 fully saturated rings. The minimum atomic E-state index is 0.105. The first kappa shape index (κ1) is 13.3. The summed E-state index contributed by atoms with van der Waals surface area (Å²) in [5, 5.41) is 6.99. The van der Waals surface area contributed by atoms with Crippen LogP contribution in [-0.4, -0.2) is 5.84 Å². The molecular formula is C10H18N2. The Labute approximate surface area is 75.0 Å². The lowest BCUT2D eigenvalue weighted by Crippen LogP contribution is -2.09. The monoisotopic (exact) mass is 166 g/mol. The van der Waals surface area contributed by atoms with Crippen LogP contribution in [0.3, 0.4) is 0 Å². The van der Waals surface area contributed by atoms with E-state index in [2.05, 4.69) is 6.58 Å². The Balaban J connectivity index is 0. The van der Waals surface area contributed by atoms with Gasteiger partial charge >= 0.3 is 0 Å². The van der Waals surface area contributed by atoms with E-state index in [0.29, 0.717) is 0 Å². The van der Waals surface area contributed by atoms with Crippen molar-refractivity contribution in [2.45, 2.75) is 20.8 Å². The molecule has 0 aliphatic heterocycles. The molecule has 0 spiro atoms. The van der Waals surface area contributed by atoms with Gasteiger partial charge in [0.25, 0.3) is 0 Å². The van der Waals surface area contributed by atoms with E-state index in [1.165, 1.54) is 0 Å². The first-order valence-electron chi connectivity index (χ1n) is 3.99. The highest BCUT2D eigenvalue weighted by molar-refractivity contribution is 5.93. The Morgan fingerprint density at radius 3 is 2.17 bits per heavy atom. The second kappa shape index (κ2) is 9.69. The van der Waals surface area contributed by atoms with E-state index in [1.54, 1.807) is 31.2 Å². The molecule has 0 amide bonds. The summed E-state index contributed by atoms with van der Waals surface area (Å²) < 4.78 is 0. The second-order valence-corrected chi connectivity index (χ2v) is 1.88. The van der Waals surface area contributed by atoms with Crippen molar-refractivity contribution in [3.05, 3.63) is 36.5 Å². The van der Waals surface area contributed by atoms with E-state index >= 15 is 0 Å². The Morgan fingerprint density at radius 1 is 1.33 bits per heavy atom. The van der Waals surface area contributed by atoms with Crippen LogP contribution < -0.4 is 5.73 Å². The van der Waals surface area contributed by atoms with Crippen molar-refractivity contribution in [1.29, 1.82) is 5.41 Å². The predicted molar refractivity (Wildman–Crippen MR) is 56.4 cm³/mol. The number of hydrogen-bond donors (Lipinski definition) is 2. The zero-order chi connectivity index (χ0) is 9.98. The highest BCUT2D eigenvalue weighted by atomic mass is 14.7. The van der Waals surface area contributed by atoms with Gasteiger partial charge in [-0.05, 0) is 12.5 Å². The highest BCUT2D eigenvalue weighted by Crippen LogP contribution is 1.90. The standard InChI is InChI=1S/C8H12N2.C2H6/c1-3-4-5-6-7(2)8(9)10;1-2/h3-6H,1H2,2H3,(H3,9,10);1-2H3/b5-4-,7-6+;. The van der Waals surface area contributed by atoms with Crippen LogP contribution in [0.15, 0.2) is 36.5 Å². The fourth-order valence-electron chi connectivity index (χ4n) is 0.368. The molecule has 2 heteroatoms. The third kappa shape index (κ3) is 8.69. The van der Waals surface area contributed by atoms with Crippen molar-refractivity contribution in [3.63, 3.8) is 0 Å². The van der Waals surface area contributed by atoms with Crippen molar-refractivity contribution in [2.75, 3.05) is 0 Å². The maximum atomic E-state index is 6.99. The predicted octanol–water partition coefficient (Wildman–Crippen LogP) is 2.64. The van der Waals surface area contributed by atoms with Crippen molar-refractivity contribution >= 4 is 5.84 Å². The third-order valence-corrected chi connectivity index (χ3v) is 1.02. The van der Waals surface area contributed by atoms with E-state index < -0.39 is 0 Å². The molecule has 0 aliphatic carbocycles. The molecule has 0 radical (unpaired) electrons. The van der Waals surface area contributed by atoms with Crippen molar-refractivity contribution in [1.82, 2.24) is 0 Å². The number of rotatable bonds is 3. The van der Waals surface area contributed by atoms with Crippen LogP contribution in [-0.2, 0) is 0 Å². The van der Waals surface area contributed by atoms with Crippen LogP contribution >= 0.6 is 0 Å². The quantitative estimate of drug-likeness (QED) is 0.378. The van der Waals surface area contributed by atoms with Gasteiger partial charge in [0.05, 0.1) is 0 Å². The molecule has 0 aromatic heterocycles. The van der Waals surface area contributed by atoms with E-state index in [0.717, 1.165) is 5.57 Å². The highest BCUT2D eigenvalue weighted by Gasteiger charge is 1.86. The normalized spacial score (nSPS) is 10.4. The fourth-order valence-corrected chi connectivity index (χ4v) is 0.368. The van der Waals surface area contributed by atoms with Crippen LogP contribution in [0.2, 0.25) is 0 Å². The van der Waals surface area contributed by atoms with Gasteiger partial charge in [0.1, 0.15) is 5.84 Å². The second-order valence-electron chi connectivity index (χ2n) is 1.88. The van der Waals surface area contributed by atoms with Gasteiger partial charge < -0.3 is 5.73 Å². The van der Waals surface area contributed by atoms with Crippen LogP contribution in [0.1, 0.15) is 20.8 Å². The summed E-state index contributed by atoms with van der Waals surface area (Å²) in [6.07, 6.45) is 7.02. The Bertz CT molecular complexity index is 188. The zero-order valence-electron chi connectivity index (χ0n) is 8.09. The molecule has 0 aliphatic rings. The maximum absolute atomic E-state index is 6.99. The van der Waals surface area contributed by atoms with Crippen LogP contribution in [0.4, 0.5) is 0 Å². The lowest BCUT2D eigenvalue weighted by atomic mass is 10.2. The fraction of sp³-hybridized carbons (Fsp3) is 0.300. The van der Waals surface area contributed by atoms with E-state index in [4.69, 9.17) is 11.1 Å². The van der Waals surface area contributed by atoms with Gasteiger partial charge in [-0.1, -0.05) is 44.7 Å². The van der Waals surface area contributed by atoms with Crippen LogP contribution in [0, 0.1) is 5.41 Å². The Morgan fingerprint density at radius 2 is 1.83 bits per heavy atom. The van der Waals surface area contributed by atoms with Gasteiger partial charge in [-0.2, -0.15) is 0 Å². The van der Waals surface area contributed by atoms with Crippen LogP contribution in [0.25, 0.3) is 0 Å². The summed E-state index contributed by atoms with van der Waals surface area (Å²) in [6, 6.07) is 0. The van der Waals surface area contributed by atoms with Gasteiger partial charge in [0, 0.05) is 0 Å². The summed E-state index contributed by atoms with van der Waals surface area (Å²) in [5.74, 6) is 0.105. The molecule has 0 bridgehead atoms. The SMILES string of the molecule is C=C/C=C\C=C(/C)C(=N)N.CC. The molecule has 0 unspecified atom stereocenters. The maximum Gasteiger partial charge on any atom is 0.118 e. The van der Waals surface area contributed by atoms with Crippen molar-refractivity contribution in [3.8, 4) is 0 Å². The number of nitrogens with two attached hydrogens (primary N) is 1. The third-order valence-electron chi connectivity index (χ3n) is 1.02. The van der Waals surface area contributed by atoms with Crippen molar-refractivity contribution in [2.24, 2.45) is 5.73 Å². The molecule has 0 rings (SSSR count). The van der Waals surface area contributed by atoms with Gasteiger partial charge in [-0.25, -0.2) is 0 Å². The molecule has 0 aromatic rings. The van der Waals surface area contributed by atoms with E-state index in [1.807, 2.05) is 13.8 Å². The topological polar surface area (TPSA) is 49.9 Å². The Kier molecular flexibility index (Phi) is 10.7. The summed E-state index contributed by atoms with van der Waals surface area (Å²) in [6.45, 7) is 9.29. The first-order chi connectivity index (χ1) is 5.68. The lowest BCUT2D eigenvalue weighted by Gasteiger charge is -1.91. The zero-order valence-corrected chi connectivity index (χ0v) is 8.09. The molecule has 0 atom stereocenters. The molecule has 3 N–H and O–H groups in total. The van der Waals surface area contributed by atoms with Crippen LogP contribution in [0.5, 0.6) is 0 Å². The molecule has 12 heavy (non-hydrogen) atoms.